The van der Waals surface area contributed by atoms with Gasteiger partial charge in [-0.15, -0.1) is 5.10 Å². The van der Waals surface area contributed by atoms with E-state index in [1.165, 1.54) is 24.3 Å². The molecule has 2 aromatic carbocycles. The number of nitrogens with one attached hydrogen (secondary N) is 2. The fourth-order valence-corrected chi connectivity index (χ4v) is 3.39. The maximum Gasteiger partial charge on any atom is 0.240 e. The second kappa shape index (κ2) is 8.92. The number of amides is 2. The summed E-state index contributed by atoms with van der Waals surface area (Å²) in [6.07, 6.45) is 1.55. The summed E-state index contributed by atoms with van der Waals surface area (Å²) < 4.78 is 13.8. The Labute approximate surface area is 167 Å². The maximum absolute atomic E-state index is 12.9. The van der Waals surface area contributed by atoms with E-state index in [9.17, 15) is 14.0 Å². The van der Waals surface area contributed by atoms with Gasteiger partial charge in [-0.05, 0) is 42.0 Å². The van der Waals surface area contributed by atoms with Crippen molar-refractivity contribution in [3.05, 3.63) is 64.4 Å². The van der Waals surface area contributed by atoms with E-state index < -0.39 is 5.25 Å². The SMILES string of the molecule is O=C(CC1S/C(=N\N=C\c2ccc(Br)cc2)NC1=O)Nc1ccc(F)cc1. The zero-order chi connectivity index (χ0) is 19.2. The molecule has 1 heterocycles. The Kier molecular flexibility index (Phi) is 6.36. The van der Waals surface area contributed by atoms with Gasteiger partial charge in [-0.1, -0.05) is 39.8 Å². The molecule has 1 atom stereocenters. The molecule has 2 aromatic rings. The molecule has 1 unspecified atom stereocenters. The molecule has 1 aliphatic heterocycles. The Hall–Kier alpha value is -2.52. The van der Waals surface area contributed by atoms with Gasteiger partial charge in [0, 0.05) is 16.6 Å². The molecule has 2 amide bonds. The van der Waals surface area contributed by atoms with Crippen molar-refractivity contribution in [3.63, 3.8) is 0 Å². The lowest BCUT2D eigenvalue weighted by Crippen LogP contribution is -2.28. The average Bonchev–Trinajstić information content (AvgIpc) is 2.98. The minimum atomic E-state index is -0.591. The highest BCUT2D eigenvalue weighted by atomic mass is 79.9. The summed E-state index contributed by atoms with van der Waals surface area (Å²) in [4.78, 5) is 24.0. The van der Waals surface area contributed by atoms with E-state index in [4.69, 9.17) is 0 Å². The van der Waals surface area contributed by atoms with Gasteiger partial charge in [-0.3, -0.25) is 9.59 Å². The number of nitrogens with zero attached hydrogens (tertiary/aromatic N) is 2. The molecular weight excluding hydrogens is 435 g/mol. The van der Waals surface area contributed by atoms with Crippen molar-refractivity contribution in [1.29, 1.82) is 0 Å². The third kappa shape index (κ3) is 5.73. The third-order valence-electron chi connectivity index (χ3n) is 3.50. The van der Waals surface area contributed by atoms with Crippen LogP contribution in [0.2, 0.25) is 0 Å². The number of benzene rings is 2. The number of carbonyl (C=O) groups is 2. The summed E-state index contributed by atoms with van der Waals surface area (Å²) in [7, 11) is 0. The zero-order valence-corrected chi connectivity index (χ0v) is 16.3. The Balaban J connectivity index is 1.54. The molecule has 1 saturated heterocycles. The van der Waals surface area contributed by atoms with Gasteiger partial charge in [0.15, 0.2) is 5.17 Å². The highest BCUT2D eigenvalue weighted by Gasteiger charge is 2.32. The predicted molar refractivity (Wildman–Crippen MR) is 108 cm³/mol. The molecule has 0 spiro atoms. The summed E-state index contributed by atoms with van der Waals surface area (Å²) in [6.45, 7) is 0. The number of rotatable bonds is 5. The van der Waals surface area contributed by atoms with Gasteiger partial charge < -0.3 is 10.6 Å². The van der Waals surface area contributed by atoms with Crippen LogP contribution >= 0.6 is 27.7 Å². The lowest BCUT2D eigenvalue weighted by molar-refractivity contribution is -0.122. The van der Waals surface area contributed by atoms with E-state index in [1.54, 1.807) is 6.21 Å². The lowest BCUT2D eigenvalue weighted by Gasteiger charge is -2.07. The fraction of sp³-hybridized carbons (Fsp3) is 0.111. The molecule has 0 aromatic heterocycles. The monoisotopic (exact) mass is 448 g/mol. The summed E-state index contributed by atoms with van der Waals surface area (Å²) >= 11 is 4.50. The van der Waals surface area contributed by atoms with Crippen LogP contribution in [-0.2, 0) is 9.59 Å². The van der Waals surface area contributed by atoms with Crippen LogP contribution in [0.5, 0.6) is 0 Å². The number of halogens is 2. The Morgan fingerprint density at radius 3 is 2.63 bits per heavy atom. The molecule has 0 saturated carbocycles. The Morgan fingerprint density at radius 1 is 1.22 bits per heavy atom. The smallest absolute Gasteiger partial charge is 0.240 e. The summed E-state index contributed by atoms with van der Waals surface area (Å²) in [6, 6.07) is 12.9. The molecule has 9 heteroatoms. The average molecular weight is 449 g/mol. The fourth-order valence-electron chi connectivity index (χ4n) is 2.20. The molecule has 1 fully saturated rings. The highest BCUT2D eigenvalue weighted by Crippen LogP contribution is 2.23. The van der Waals surface area contributed by atoms with Gasteiger partial charge in [0.25, 0.3) is 0 Å². The van der Waals surface area contributed by atoms with Gasteiger partial charge in [-0.25, -0.2) is 4.39 Å². The standard InChI is InChI=1S/C18H14BrFN4O2S/c19-12-3-1-11(2-4-12)10-21-24-18-23-17(26)15(27-18)9-16(25)22-14-7-5-13(20)6-8-14/h1-8,10,15H,9H2,(H,22,25)(H,23,24,26)/b21-10+. The van der Waals surface area contributed by atoms with Crippen molar-refractivity contribution in [2.24, 2.45) is 10.2 Å². The van der Waals surface area contributed by atoms with Crippen molar-refractivity contribution in [1.82, 2.24) is 5.32 Å². The molecule has 0 radical (unpaired) electrons. The molecule has 0 bridgehead atoms. The minimum Gasteiger partial charge on any atom is -0.326 e. The number of hydrogen-bond donors (Lipinski definition) is 2. The van der Waals surface area contributed by atoms with E-state index >= 15 is 0 Å². The van der Waals surface area contributed by atoms with Crippen LogP contribution in [0.25, 0.3) is 0 Å². The van der Waals surface area contributed by atoms with Crippen LogP contribution in [0.4, 0.5) is 10.1 Å². The van der Waals surface area contributed by atoms with Gasteiger partial charge in [0.05, 0.1) is 6.21 Å². The largest absolute Gasteiger partial charge is 0.326 e. The summed E-state index contributed by atoms with van der Waals surface area (Å²) in [5, 5.41) is 12.9. The first-order valence-corrected chi connectivity index (χ1v) is 9.56. The van der Waals surface area contributed by atoms with Crippen LogP contribution < -0.4 is 10.6 Å². The molecular formula is C18H14BrFN4O2S. The summed E-state index contributed by atoms with van der Waals surface area (Å²) in [5.74, 6) is -1.02. The van der Waals surface area contributed by atoms with Crippen molar-refractivity contribution >= 4 is 56.6 Å². The van der Waals surface area contributed by atoms with Crippen LogP contribution in [-0.4, -0.2) is 28.4 Å². The van der Waals surface area contributed by atoms with E-state index in [0.29, 0.717) is 10.9 Å². The molecule has 27 heavy (non-hydrogen) atoms. The first-order valence-electron chi connectivity index (χ1n) is 7.89. The van der Waals surface area contributed by atoms with Crippen LogP contribution in [0.3, 0.4) is 0 Å². The number of amidine groups is 1. The number of carbonyl (C=O) groups excluding carboxylic acids is 2. The topological polar surface area (TPSA) is 82.9 Å². The quantitative estimate of drug-likeness (QED) is 0.541. The van der Waals surface area contributed by atoms with Crippen molar-refractivity contribution < 1.29 is 14.0 Å². The van der Waals surface area contributed by atoms with Crippen molar-refractivity contribution in [3.8, 4) is 0 Å². The second-order valence-electron chi connectivity index (χ2n) is 5.56. The normalized spacial score (nSPS) is 18.1. The molecule has 6 nitrogen and oxygen atoms in total. The molecule has 1 aliphatic rings. The lowest BCUT2D eigenvalue weighted by atomic mass is 10.2. The van der Waals surface area contributed by atoms with Crippen LogP contribution in [0.15, 0.2) is 63.2 Å². The number of hydrogen-bond acceptors (Lipinski definition) is 5. The van der Waals surface area contributed by atoms with E-state index in [-0.39, 0.29) is 24.1 Å². The van der Waals surface area contributed by atoms with Crippen molar-refractivity contribution in [2.45, 2.75) is 11.7 Å². The van der Waals surface area contributed by atoms with Gasteiger partial charge >= 0.3 is 0 Å². The van der Waals surface area contributed by atoms with E-state index in [2.05, 4.69) is 36.8 Å². The summed E-state index contributed by atoms with van der Waals surface area (Å²) in [5.41, 5.74) is 1.34. The van der Waals surface area contributed by atoms with Gasteiger partial charge in [0.1, 0.15) is 11.1 Å². The first kappa shape index (κ1) is 19.2. The number of thioether (sulfide) groups is 1. The highest BCUT2D eigenvalue weighted by molar-refractivity contribution is 9.10. The van der Waals surface area contributed by atoms with Crippen LogP contribution in [0, 0.1) is 5.82 Å². The van der Waals surface area contributed by atoms with Crippen LogP contribution in [0.1, 0.15) is 12.0 Å². The van der Waals surface area contributed by atoms with Gasteiger partial charge in [-0.2, -0.15) is 5.10 Å². The second-order valence-corrected chi connectivity index (χ2v) is 7.66. The number of anilines is 1. The Bertz CT molecular complexity index is 901. The maximum atomic E-state index is 12.9. The molecule has 3 rings (SSSR count). The third-order valence-corrected chi connectivity index (χ3v) is 5.10. The predicted octanol–water partition coefficient (Wildman–Crippen LogP) is 3.54. The molecule has 0 aliphatic carbocycles. The minimum absolute atomic E-state index is 0.0245. The first-order chi connectivity index (χ1) is 13.0. The zero-order valence-electron chi connectivity index (χ0n) is 13.9. The molecule has 2 N–H and O–H groups in total. The Morgan fingerprint density at radius 2 is 1.93 bits per heavy atom. The van der Waals surface area contributed by atoms with E-state index in [0.717, 1.165) is 21.8 Å². The van der Waals surface area contributed by atoms with Crippen molar-refractivity contribution in [2.75, 3.05) is 5.32 Å². The molecule has 138 valence electrons. The van der Waals surface area contributed by atoms with Gasteiger partial charge in [0.2, 0.25) is 11.8 Å². The van der Waals surface area contributed by atoms with E-state index in [1.807, 2.05) is 24.3 Å².